The zero-order valence-corrected chi connectivity index (χ0v) is 11.7. The lowest BCUT2D eigenvalue weighted by Crippen LogP contribution is -2.27. The molecule has 0 aliphatic carbocycles. The predicted octanol–water partition coefficient (Wildman–Crippen LogP) is 2.05. The Morgan fingerprint density at radius 1 is 1.37 bits per heavy atom. The maximum atomic E-state index is 5.08. The van der Waals surface area contributed by atoms with Crippen molar-refractivity contribution in [1.29, 1.82) is 0 Å². The minimum atomic E-state index is 0.145. The van der Waals surface area contributed by atoms with Crippen LogP contribution in [-0.2, 0) is 0 Å². The molecule has 2 aromatic rings. The largest absolute Gasteiger partial charge is 0.481 e. The number of nitrogens with zero attached hydrogens (tertiary/aromatic N) is 4. The van der Waals surface area contributed by atoms with Gasteiger partial charge in [0.15, 0.2) is 0 Å². The number of rotatable bonds is 5. The number of hydrogen-bond acceptors (Lipinski definition) is 5. The van der Waals surface area contributed by atoms with Crippen LogP contribution in [0.25, 0.3) is 0 Å². The van der Waals surface area contributed by atoms with Crippen molar-refractivity contribution in [2.75, 3.05) is 12.4 Å². The monoisotopic (exact) mass is 261 g/mol. The normalized spacial score (nSPS) is 13.9. The zero-order valence-electron chi connectivity index (χ0n) is 11.7. The van der Waals surface area contributed by atoms with Crippen molar-refractivity contribution in [2.24, 2.45) is 0 Å². The van der Waals surface area contributed by atoms with Gasteiger partial charge < -0.3 is 10.1 Å². The lowest BCUT2D eigenvalue weighted by Gasteiger charge is -2.21. The van der Waals surface area contributed by atoms with Crippen molar-refractivity contribution in [3.05, 3.63) is 30.2 Å². The molecule has 2 aromatic heterocycles. The predicted molar refractivity (Wildman–Crippen MR) is 73.3 cm³/mol. The summed E-state index contributed by atoms with van der Waals surface area (Å²) in [6, 6.07) is 2.06. The Hall–Kier alpha value is -2.11. The van der Waals surface area contributed by atoms with E-state index >= 15 is 0 Å². The van der Waals surface area contributed by atoms with Crippen LogP contribution in [0.1, 0.15) is 25.5 Å². The zero-order chi connectivity index (χ0) is 13.8. The molecule has 2 atom stereocenters. The third kappa shape index (κ3) is 3.21. The van der Waals surface area contributed by atoms with E-state index < -0.39 is 0 Å². The molecule has 0 saturated heterocycles. The highest BCUT2D eigenvalue weighted by Crippen LogP contribution is 2.15. The van der Waals surface area contributed by atoms with E-state index in [4.69, 9.17) is 4.74 Å². The van der Waals surface area contributed by atoms with Gasteiger partial charge in [-0.1, -0.05) is 0 Å². The quantitative estimate of drug-likeness (QED) is 0.892. The maximum absolute atomic E-state index is 5.08. The van der Waals surface area contributed by atoms with Gasteiger partial charge in [0.05, 0.1) is 19.3 Å². The Kier molecular flexibility index (Phi) is 3.99. The van der Waals surface area contributed by atoms with E-state index in [1.165, 1.54) is 0 Å². The summed E-state index contributed by atoms with van der Waals surface area (Å²) in [5, 5.41) is 7.58. The molecule has 0 aliphatic rings. The van der Waals surface area contributed by atoms with Crippen molar-refractivity contribution in [2.45, 2.75) is 32.9 Å². The molecule has 1 N–H and O–H groups in total. The first-order chi connectivity index (χ1) is 9.10. The second-order valence-corrected chi connectivity index (χ2v) is 4.59. The van der Waals surface area contributed by atoms with Crippen molar-refractivity contribution < 1.29 is 4.74 Å². The van der Waals surface area contributed by atoms with Crippen LogP contribution in [0.5, 0.6) is 5.88 Å². The van der Waals surface area contributed by atoms with Crippen molar-refractivity contribution >= 4 is 5.95 Å². The van der Waals surface area contributed by atoms with Gasteiger partial charge in [0.25, 0.3) is 0 Å². The van der Waals surface area contributed by atoms with Gasteiger partial charge in [0.1, 0.15) is 0 Å². The van der Waals surface area contributed by atoms with Gasteiger partial charge in [0, 0.05) is 24.5 Å². The maximum Gasteiger partial charge on any atom is 0.226 e. The molecule has 0 saturated carbocycles. The number of nitrogens with one attached hydrogen (secondary N) is 1. The van der Waals surface area contributed by atoms with Crippen LogP contribution in [0.3, 0.4) is 0 Å². The molecular formula is C13H19N5O. The van der Waals surface area contributed by atoms with E-state index in [0.29, 0.717) is 11.8 Å². The van der Waals surface area contributed by atoms with Crippen molar-refractivity contribution in [1.82, 2.24) is 19.7 Å². The smallest absolute Gasteiger partial charge is 0.226 e. The fourth-order valence-corrected chi connectivity index (χ4v) is 1.73. The molecule has 0 bridgehead atoms. The van der Waals surface area contributed by atoms with Gasteiger partial charge in [-0.2, -0.15) is 10.1 Å². The van der Waals surface area contributed by atoms with Crippen LogP contribution in [-0.4, -0.2) is 32.9 Å². The van der Waals surface area contributed by atoms with E-state index in [9.17, 15) is 0 Å². The van der Waals surface area contributed by atoms with Gasteiger partial charge in [0.2, 0.25) is 11.8 Å². The Labute approximate surface area is 112 Å². The highest BCUT2D eigenvalue weighted by atomic mass is 16.5. The Morgan fingerprint density at radius 3 is 2.79 bits per heavy atom. The standard InChI is InChI=1S/C13H19N5O/c1-9-7-15-18(8-9)11(3)10(2)16-13-14-6-5-12(17-13)19-4/h5-8,10-11H,1-4H3,(H,14,16,17)/t10-,11-/m1/s1. The lowest BCUT2D eigenvalue weighted by molar-refractivity contribution is 0.396. The molecule has 19 heavy (non-hydrogen) atoms. The topological polar surface area (TPSA) is 64.9 Å². The van der Waals surface area contributed by atoms with Crippen LogP contribution in [0, 0.1) is 6.92 Å². The van der Waals surface area contributed by atoms with E-state index in [2.05, 4.69) is 34.2 Å². The molecule has 0 spiro atoms. The van der Waals surface area contributed by atoms with Crippen LogP contribution in [0.15, 0.2) is 24.7 Å². The Balaban J connectivity index is 2.05. The molecule has 0 aromatic carbocycles. The molecular weight excluding hydrogens is 242 g/mol. The van der Waals surface area contributed by atoms with E-state index in [-0.39, 0.29) is 12.1 Å². The molecule has 0 aliphatic heterocycles. The van der Waals surface area contributed by atoms with Crippen molar-refractivity contribution in [3.8, 4) is 5.88 Å². The van der Waals surface area contributed by atoms with E-state index in [1.54, 1.807) is 19.4 Å². The third-order valence-corrected chi connectivity index (χ3v) is 3.07. The summed E-state index contributed by atoms with van der Waals surface area (Å²) in [6.45, 7) is 6.20. The number of methoxy groups -OCH3 is 1. The van der Waals surface area contributed by atoms with Crippen molar-refractivity contribution in [3.63, 3.8) is 0 Å². The first-order valence-electron chi connectivity index (χ1n) is 6.24. The molecule has 2 rings (SSSR count). The molecule has 2 heterocycles. The van der Waals surface area contributed by atoms with Crippen LogP contribution < -0.4 is 10.1 Å². The molecule has 6 nitrogen and oxygen atoms in total. The number of aromatic nitrogens is 4. The summed E-state index contributed by atoms with van der Waals surface area (Å²) in [7, 11) is 1.59. The molecule has 0 unspecified atom stereocenters. The summed E-state index contributed by atoms with van der Waals surface area (Å²) in [4.78, 5) is 8.42. The highest BCUT2D eigenvalue weighted by Gasteiger charge is 2.15. The van der Waals surface area contributed by atoms with Crippen LogP contribution in [0.2, 0.25) is 0 Å². The second-order valence-electron chi connectivity index (χ2n) is 4.59. The molecule has 0 amide bonds. The number of aryl methyl sites for hydroxylation is 1. The van der Waals surface area contributed by atoms with Gasteiger partial charge >= 0.3 is 0 Å². The number of hydrogen-bond donors (Lipinski definition) is 1. The highest BCUT2D eigenvalue weighted by molar-refractivity contribution is 5.29. The van der Waals surface area contributed by atoms with Crippen LogP contribution >= 0.6 is 0 Å². The van der Waals surface area contributed by atoms with Gasteiger partial charge in [-0.25, -0.2) is 4.98 Å². The minimum Gasteiger partial charge on any atom is -0.481 e. The van der Waals surface area contributed by atoms with Gasteiger partial charge in [-0.15, -0.1) is 0 Å². The molecule has 6 heteroatoms. The summed E-state index contributed by atoms with van der Waals surface area (Å²) < 4.78 is 7.01. The molecule has 102 valence electrons. The average molecular weight is 261 g/mol. The SMILES string of the molecule is COc1ccnc(N[C@H](C)[C@@H](C)n2cc(C)cn2)n1. The fourth-order valence-electron chi connectivity index (χ4n) is 1.73. The first-order valence-corrected chi connectivity index (χ1v) is 6.24. The van der Waals surface area contributed by atoms with E-state index in [0.717, 1.165) is 5.56 Å². The summed E-state index contributed by atoms with van der Waals surface area (Å²) >= 11 is 0. The average Bonchev–Trinajstić information content (AvgIpc) is 2.84. The lowest BCUT2D eigenvalue weighted by atomic mass is 10.2. The second kappa shape index (κ2) is 5.69. The first kappa shape index (κ1) is 13.3. The summed E-state index contributed by atoms with van der Waals surface area (Å²) in [6.07, 6.45) is 5.55. The summed E-state index contributed by atoms with van der Waals surface area (Å²) in [5.74, 6) is 1.11. The molecule has 0 fully saturated rings. The number of ether oxygens (including phenoxy) is 1. The fraction of sp³-hybridized carbons (Fsp3) is 0.462. The van der Waals surface area contributed by atoms with Gasteiger partial charge in [-0.3, -0.25) is 4.68 Å². The van der Waals surface area contributed by atoms with Crippen LogP contribution in [0.4, 0.5) is 5.95 Å². The molecule has 0 radical (unpaired) electrons. The number of anilines is 1. The van der Waals surface area contributed by atoms with E-state index in [1.807, 2.05) is 24.0 Å². The minimum absolute atomic E-state index is 0.145. The Morgan fingerprint density at radius 2 is 2.16 bits per heavy atom. The third-order valence-electron chi connectivity index (χ3n) is 3.07. The Bertz CT molecular complexity index is 539. The van der Waals surface area contributed by atoms with Gasteiger partial charge in [-0.05, 0) is 26.3 Å². The summed E-state index contributed by atoms with van der Waals surface area (Å²) in [5.41, 5.74) is 1.15.